The number of rotatable bonds is 4. The van der Waals surface area contributed by atoms with Gasteiger partial charge in [0.25, 0.3) is 5.91 Å². The Balaban J connectivity index is 1.29. The monoisotopic (exact) mass is 383 g/mol. The van der Waals surface area contributed by atoms with Crippen molar-refractivity contribution < 1.29 is 23.5 Å². The molecular weight excluding hydrogens is 366 g/mol. The molecule has 1 unspecified atom stereocenters. The van der Waals surface area contributed by atoms with Crippen molar-refractivity contribution in [1.29, 1.82) is 0 Å². The molecule has 0 spiro atoms. The normalized spacial score (nSPS) is 15.2. The van der Waals surface area contributed by atoms with Crippen molar-refractivity contribution in [1.82, 2.24) is 15.4 Å². The highest BCUT2D eigenvalue weighted by atomic mass is 16.6. The van der Waals surface area contributed by atoms with Crippen LogP contribution in [-0.2, 0) is 16.1 Å². The van der Waals surface area contributed by atoms with E-state index in [1.165, 1.54) is 4.57 Å². The van der Waals surface area contributed by atoms with E-state index >= 15 is 0 Å². The van der Waals surface area contributed by atoms with Crippen molar-refractivity contribution in [2.75, 3.05) is 6.61 Å². The zero-order chi connectivity index (χ0) is 19.5. The van der Waals surface area contributed by atoms with Gasteiger partial charge in [0.2, 0.25) is 12.0 Å². The number of nitrogens with zero attached hydrogens (tertiary/aromatic N) is 1. The molecule has 1 aromatic heterocycles. The molecule has 144 valence electrons. The second kappa shape index (κ2) is 7.47. The molecular formula is C19H17N3O6. The Morgan fingerprint density at radius 1 is 1.04 bits per heavy atom. The molecule has 2 aromatic carbocycles. The first-order valence-electron chi connectivity index (χ1n) is 8.67. The van der Waals surface area contributed by atoms with Gasteiger partial charge in [-0.25, -0.2) is 4.79 Å². The lowest BCUT2D eigenvalue weighted by Gasteiger charge is -2.25. The third-order valence-corrected chi connectivity index (χ3v) is 4.26. The van der Waals surface area contributed by atoms with E-state index in [0.717, 1.165) is 0 Å². The van der Waals surface area contributed by atoms with Crippen LogP contribution in [0.4, 0.5) is 0 Å². The number of ether oxygens (including phenoxy) is 2. The van der Waals surface area contributed by atoms with E-state index in [0.29, 0.717) is 22.6 Å². The number of aromatic nitrogens is 1. The van der Waals surface area contributed by atoms with Crippen LogP contribution in [0.2, 0.25) is 0 Å². The maximum atomic E-state index is 12.2. The van der Waals surface area contributed by atoms with Crippen molar-refractivity contribution >= 4 is 22.9 Å². The summed E-state index contributed by atoms with van der Waals surface area (Å²) < 4.78 is 17.5. The molecule has 0 saturated carbocycles. The highest BCUT2D eigenvalue weighted by Gasteiger charge is 2.27. The number of hydrogen-bond acceptors (Lipinski definition) is 6. The summed E-state index contributed by atoms with van der Waals surface area (Å²) in [5.74, 6) is -0.499. The fourth-order valence-corrected chi connectivity index (χ4v) is 2.86. The lowest BCUT2D eigenvalue weighted by molar-refractivity contribution is -0.135. The number of oxazole rings is 1. The summed E-state index contributed by atoms with van der Waals surface area (Å²) in [6.07, 6.45) is -0.898. The fraction of sp³-hybridized carbons (Fsp3) is 0.211. The Labute approximate surface area is 158 Å². The number of amides is 2. The molecule has 0 aliphatic carbocycles. The van der Waals surface area contributed by atoms with Gasteiger partial charge in [-0.3, -0.25) is 25.0 Å². The van der Waals surface area contributed by atoms with Gasteiger partial charge >= 0.3 is 5.76 Å². The van der Waals surface area contributed by atoms with E-state index < -0.39 is 23.7 Å². The summed E-state index contributed by atoms with van der Waals surface area (Å²) in [7, 11) is 0. The molecule has 9 nitrogen and oxygen atoms in total. The van der Waals surface area contributed by atoms with Gasteiger partial charge in [0, 0.05) is 13.0 Å². The van der Waals surface area contributed by atoms with Crippen LogP contribution >= 0.6 is 0 Å². The zero-order valence-corrected chi connectivity index (χ0v) is 14.7. The van der Waals surface area contributed by atoms with E-state index in [1.54, 1.807) is 48.5 Å². The molecule has 4 rings (SSSR count). The number of para-hydroxylation sites is 4. The Morgan fingerprint density at radius 2 is 1.79 bits per heavy atom. The van der Waals surface area contributed by atoms with Crippen LogP contribution < -0.4 is 26.1 Å². The van der Waals surface area contributed by atoms with Crippen LogP contribution in [0.5, 0.6) is 11.5 Å². The van der Waals surface area contributed by atoms with Crippen molar-refractivity contribution in [2.24, 2.45) is 0 Å². The first kappa shape index (κ1) is 17.7. The van der Waals surface area contributed by atoms with Crippen molar-refractivity contribution in [3.05, 3.63) is 59.1 Å². The summed E-state index contributed by atoms with van der Waals surface area (Å²) in [5, 5.41) is 0. The maximum Gasteiger partial charge on any atom is 0.419 e. The zero-order valence-electron chi connectivity index (χ0n) is 14.7. The van der Waals surface area contributed by atoms with E-state index in [-0.39, 0.29) is 19.6 Å². The Kier molecular flexibility index (Phi) is 4.71. The first-order chi connectivity index (χ1) is 13.6. The molecule has 1 aliphatic rings. The van der Waals surface area contributed by atoms with Crippen molar-refractivity contribution in [3.8, 4) is 11.5 Å². The largest absolute Gasteiger partial charge is 0.485 e. The molecule has 9 heteroatoms. The van der Waals surface area contributed by atoms with Crippen LogP contribution in [0, 0.1) is 0 Å². The minimum Gasteiger partial charge on any atom is -0.485 e. The van der Waals surface area contributed by atoms with Crippen molar-refractivity contribution in [3.63, 3.8) is 0 Å². The molecule has 0 radical (unpaired) electrons. The highest BCUT2D eigenvalue weighted by molar-refractivity contribution is 5.85. The lowest BCUT2D eigenvalue weighted by atomic mass is 10.2. The number of benzene rings is 2. The molecule has 1 aliphatic heterocycles. The molecule has 2 heterocycles. The average Bonchev–Trinajstić information content (AvgIpc) is 3.05. The van der Waals surface area contributed by atoms with Gasteiger partial charge in [0.1, 0.15) is 6.61 Å². The number of carbonyl (C=O) groups excluding carboxylic acids is 2. The van der Waals surface area contributed by atoms with E-state index in [4.69, 9.17) is 13.9 Å². The number of hydrazine groups is 1. The molecule has 2 N–H and O–H groups in total. The minimum absolute atomic E-state index is 0.0193. The third kappa shape index (κ3) is 3.54. The quantitative estimate of drug-likeness (QED) is 0.650. The number of nitrogens with one attached hydrogen (secondary N) is 2. The van der Waals surface area contributed by atoms with Crippen LogP contribution in [0.25, 0.3) is 11.1 Å². The van der Waals surface area contributed by atoms with Crippen LogP contribution in [0.1, 0.15) is 6.42 Å². The predicted octanol–water partition coefficient (Wildman–Crippen LogP) is 0.972. The minimum atomic E-state index is -0.879. The number of fused-ring (bicyclic) bond motifs is 2. The molecule has 2 amide bonds. The van der Waals surface area contributed by atoms with Gasteiger partial charge in [-0.15, -0.1) is 0 Å². The van der Waals surface area contributed by atoms with Gasteiger partial charge < -0.3 is 13.9 Å². The second-order valence-electron chi connectivity index (χ2n) is 6.14. The molecule has 0 saturated heterocycles. The summed E-state index contributed by atoms with van der Waals surface area (Å²) in [5.41, 5.74) is 5.69. The highest BCUT2D eigenvalue weighted by Crippen LogP contribution is 2.30. The van der Waals surface area contributed by atoms with Gasteiger partial charge in [0.15, 0.2) is 17.1 Å². The van der Waals surface area contributed by atoms with Gasteiger partial charge in [0.05, 0.1) is 5.52 Å². The van der Waals surface area contributed by atoms with Gasteiger partial charge in [-0.05, 0) is 24.3 Å². The fourth-order valence-electron chi connectivity index (χ4n) is 2.86. The molecule has 1 atom stereocenters. The SMILES string of the molecule is O=C(CCn1c(=O)oc2ccccc21)NNC(=O)C1COc2ccccc2O1. The standard InChI is InChI=1S/C19H17N3O6/c23-17(9-10-22-12-5-1-2-6-13(12)28-19(22)25)20-21-18(24)16-11-26-14-7-3-4-8-15(14)27-16/h1-8,16H,9-11H2,(H,20,23)(H,21,24). The van der Waals surface area contributed by atoms with Crippen LogP contribution in [0.15, 0.2) is 57.7 Å². The maximum absolute atomic E-state index is 12.2. The van der Waals surface area contributed by atoms with E-state index in [1.807, 2.05) is 0 Å². The molecule has 3 aromatic rings. The van der Waals surface area contributed by atoms with Crippen LogP contribution in [-0.4, -0.2) is 29.1 Å². The van der Waals surface area contributed by atoms with Crippen LogP contribution in [0.3, 0.4) is 0 Å². The lowest BCUT2D eigenvalue weighted by Crippen LogP contribution is -2.51. The second-order valence-corrected chi connectivity index (χ2v) is 6.14. The smallest absolute Gasteiger partial charge is 0.419 e. The molecule has 0 bridgehead atoms. The number of carbonyl (C=O) groups is 2. The van der Waals surface area contributed by atoms with Gasteiger partial charge in [-0.2, -0.15) is 0 Å². The Hall–Kier alpha value is -3.75. The first-order valence-corrected chi connectivity index (χ1v) is 8.67. The van der Waals surface area contributed by atoms with E-state index in [9.17, 15) is 14.4 Å². The summed E-state index contributed by atoms with van der Waals surface area (Å²) in [6.45, 7) is 0.156. The van der Waals surface area contributed by atoms with E-state index in [2.05, 4.69) is 10.9 Å². The third-order valence-electron chi connectivity index (χ3n) is 4.26. The Bertz CT molecular complexity index is 1090. The summed E-state index contributed by atoms with van der Waals surface area (Å²) in [4.78, 5) is 36.1. The predicted molar refractivity (Wildman–Crippen MR) is 97.7 cm³/mol. The number of aryl methyl sites for hydroxylation is 1. The van der Waals surface area contributed by atoms with Crippen molar-refractivity contribution in [2.45, 2.75) is 19.1 Å². The summed E-state index contributed by atoms with van der Waals surface area (Å²) >= 11 is 0. The number of hydrogen-bond donors (Lipinski definition) is 2. The summed E-state index contributed by atoms with van der Waals surface area (Å²) in [6, 6.07) is 14.0. The topological polar surface area (TPSA) is 112 Å². The Morgan fingerprint density at radius 3 is 2.64 bits per heavy atom. The van der Waals surface area contributed by atoms with Gasteiger partial charge in [-0.1, -0.05) is 24.3 Å². The molecule has 28 heavy (non-hydrogen) atoms. The average molecular weight is 383 g/mol. The molecule has 0 fully saturated rings.